The minimum Gasteiger partial charge on any atom is -0.480 e. The van der Waals surface area contributed by atoms with Crippen LogP contribution in [0.15, 0.2) is 28.7 Å². The lowest BCUT2D eigenvalue weighted by Crippen LogP contribution is -2.34. The summed E-state index contributed by atoms with van der Waals surface area (Å²) >= 11 is 3.24. The van der Waals surface area contributed by atoms with Gasteiger partial charge in [-0.05, 0) is 18.2 Å². The molecule has 1 aromatic carbocycles. The van der Waals surface area contributed by atoms with Gasteiger partial charge >= 0.3 is 11.9 Å². The van der Waals surface area contributed by atoms with Crippen LogP contribution in [0.25, 0.3) is 0 Å². The Morgan fingerprint density at radius 2 is 1.75 bits per heavy atom. The monoisotopic (exact) mass is 287 g/mol. The lowest BCUT2D eigenvalue weighted by atomic mass is 10.3. The third-order valence-electron chi connectivity index (χ3n) is 1.83. The average Bonchev–Trinajstić information content (AvgIpc) is 2.15. The molecule has 86 valence electrons. The smallest absolute Gasteiger partial charge is 0.323 e. The Hall–Kier alpha value is -1.56. The second-order valence-electron chi connectivity index (χ2n) is 3.12. The van der Waals surface area contributed by atoms with Gasteiger partial charge in [-0.1, -0.05) is 22.0 Å². The van der Waals surface area contributed by atoms with E-state index in [-0.39, 0.29) is 13.1 Å². The van der Waals surface area contributed by atoms with E-state index in [1.165, 1.54) is 4.90 Å². The molecule has 5 nitrogen and oxygen atoms in total. The Morgan fingerprint density at radius 3 is 2.19 bits per heavy atom. The first-order chi connectivity index (χ1) is 7.49. The minimum absolute atomic E-state index is 0.344. The van der Waals surface area contributed by atoms with Crippen molar-refractivity contribution in [2.24, 2.45) is 0 Å². The fraction of sp³-hybridized carbons (Fsp3) is 0.200. The summed E-state index contributed by atoms with van der Waals surface area (Å²) in [6, 6.07) is 6.84. The summed E-state index contributed by atoms with van der Waals surface area (Å²) in [6.07, 6.45) is 0. The van der Waals surface area contributed by atoms with Gasteiger partial charge in [-0.15, -0.1) is 0 Å². The fourth-order valence-corrected chi connectivity index (χ4v) is 1.63. The van der Waals surface area contributed by atoms with E-state index in [4.69, 9.17) is 10.2 Å². The van der Waals surface area contributed by atoms with Gasteiger partial charge in [-0.3, -0.25) is 9.59 Å². The summed E-state index contributed by atoms with van der Waals surface area (Å²) in [6.45, 7) is -0.689. The molecule has 0 aliphatic heterocycles. The van der Waals surface area contributed by atoms with Crippen LogP contribution in [0.4, 0.5) is 5.69 Å². The van der Waals surface area contributed by atoms with E-state index in [1.54, 1.807) is 24.3 Å². The molecule has 1 rings (SSSR count). The van der Waals surface area contributed by atoms with E-state index in [0.717, 1.165) is 4.47 Å². The largest absolute Gasteiger partial charge is 0.480 e. The molecule has 0 amide bonds. The molecule has 0 saturated carbocycles. The normalized spacial score (nSPS) is 9.81. The molecule has 0 atom stereocenters. The third kappa shape index (κ3) is 3.90. The van der Waals surface area contributed by atoms with Gasteiger partial charge in [0.15, 0.2) is 0 Å². The van der Waals surface area contributed by atoms with Crippen LogP contribution in [0.2, 0.25) is 0 Å². The zero-order valence-electron chi connectivity index (χ0n) is 8.26. The molecule has 0 heterocycles. The van der Waals surface area contributed by atoms with E-state index in [2.05, 4.69) is 15.9 Å². The summed E-state index contributed by atoms with van der Waals surface area (Å²) in [5.74, 6) is -2.14. The molecule has 2 N–H and O–H groups in total. The van der Waals surface area contributed by atoms with Gasteiger partial charge in [-0.25, -0.2) is 0 Å². The number of halogens is 1. The first-order valence-corrected chi connectivity index (χ1v) is 5.22. The predicted octanol–water partition coefficient (Wildman–Crippen LogP) is 1.42. The topological polar surface area (TPSA) is 77.8 Å². The molecular formula is C10H10BrNO4. The van der Waals surface area contributed by atoms with Crippen LogP contribution < -0.4 is 4.90 Å². The minimum atomic E-state index is -1.07. The van der Waals surface area contributed by atoms with Crippen LogP contribution in [0, 0.1) is 0 Å². The van der Waals surface area contributed by atoms with Gasteiger partial charge in [0.1, 0.15) is 13.1 Å². The second-order valence-corrected chi connectivity index (χ2v) is 4.04. The van der Waals surface area contributed by atoms with Crippen LogP contribution in [-0.2, 0) is 9.59 Å². The standard InChI is InChI=1S/C10H10BrNO4/c11-7-2-1-3-8(4-7)12(5-9(13)14)6-10(15)16/h1-4H,5-6H2,(H,13,14)(H,15,16). The first kappa shape index (κ1) is 12.5. The van der Waals surface area contributed by atoms with Crippen LogP contribution in [0.5, 0.6) is 0 Å². The van der Waals surface area contributed by atoms with Crippen molar-refractivity contribution < 1.29 is 19.8 Å². The number of rotatable bonds is 5. The number of carboxylic acid groups (broad SMARTS) is 2. The van der Waals surface area contributed by atoms with Crippen molar-refractivity contribution >= 4 is 33.6 Å². The Labute approximate surface area is 100 Å². The van der Waals surface area contributed by atoms with Crippen LogP contribution >= 0.6 is 15.9 Å². The van der Waals surface area contributed by atoms with Crippen molar-refractivity contribution in [3.8, 4) is 0 Å². The molecular weight excluding hydrogens is 278 g/mol. The molecule has 0 aliphatic rings. The van der Waals surface area contributed by atoms with Crippen LogP contribution in [0.1, 0.15) is 0 Å². The van der Waals surface area contributed by atoms with E-state index >= 15 is 0 Å². The van der Waals surface area contributed by atoms with Gasteiger partial charge in [0, 0.05) is 10.2 Å². The van der Waals surface area contributed by atoms with E-state index in [1.807, 2.05) is 0 Å². The van der Waals surface area contributed by atoms with Gasteiger partial charge in [-0.2, -0.15) is 0 Å². The van der Waals surface area contributed by atoms with Crippen LogP contribution in [-0.4, -0.2) is 35.2 Å². The maximum absolute atomic E-state index is 10.6. The summed E-state index contributed by atoms with van der Waals surface area (Å²) in [7, 11) is 0. The zero-order valence-corrected chi connectivity index (χ0v) is 9.85. The van der Waals surface area contributed by atoms with Crippen LogP contribution in [0.3, 0.4) is 0 Å². The molecule has 0 radical (unpaired) electrons. The number of aliphatic carboxylic acids is 2. The Bertz CT molecular complexity index is 392. The van der Waals surface area contributed by atoms with E-state index in [9.17, 15) is 9.59 Å². The molecule has 0 spiro atoms. The SMILES string of the molecule is O=C(O)CN(CC(=O)O)c1cccc(Br)c1. The number of benzene rings is 1. The highest BCUT2D eigenvalue weighted by Gasteiger charge is 2.14. The molecule has 0 aliphatic carbocycles. The van der Waals surface area contributed by atoms with Crippen molar-refractivity contribution in [2.45, 2.75) is 0 Å². The van der Waals surface area contributed by atoms with Gasteiger partial charge in [0.25, 0.3) is 0 Å². The van der Waals surface area contributed by atoms with Gasteiger partial charge < -0.3 is 15.1 Å². The Kier molecular flexibility index (Phi) is 4.30. The highest BCUT2D eigenvalue weighted by atomic mass is 79.9. The van der Waals surface area contributed by atoms with Gasteiger partial charge in [0.05, 0.1) is 0 Å². The fourth-order valence-electron chi connectivity index (χ4n) is 1.24. The second kappa shape index (κ2) is 5.50. The van der Waals surface area contributed by atoms with Crippen molar-refractivity contribution in [1.29, 1.82) is 0 Å². The molecule has 1 aromatic rings. The van der Waals surface area contributed by atoms with E-state index < -0.39 is 11.9 Å². The number of carbonyl (C=O) groups is 2. The molecule has 0 fully saturated rings. The first-order valence-electron chi connectivity index (χ1n) is 4.43. The zero-order chi connectivity index (χ0) is 12.1. The molecule has 6 heteroatoms. The molecule has 0 saturated heterocycles. The molecule has 0 unspecified atom stereocenters. The predicted molar refractivity (Wildman–Crippen MR) is 61.6 cm³/mol. The number of anilines is 1. The summed E-state index contributed by atoms with van der Waals surface area (Å²) < 4.78 is 0.769. The summed E-state index contributed by atoms with van der Waals surface area (Å²) in [5, 5.41) is 17.4. The number of hydrogen-bond acceptors (Lipinski definition) is 3. The van der Waals surface area contributed by atoms with E-state index in [0.29, 0.717) is 5.69 Å². The quantitative estimate of drug-likeness (QED) is 0.857. The average molecular weight is 288 g/mol. The highest BCUT2D eigenvalue weighted by Crippen LogP contribution is 2.19. The van der Waals surface area contributed by atoms with Gasteiger partial charge in [0.2, 0.25) is 0 Å². The summed E-state index contributed by atoms with van der Waals surface area (Å²) in [5.41, 5.74) is 0.555. The van der Waals surface area contributed by atoms with Crippen molar-refractivity contribution in [3.63, 3.8) is 0 Å². The number of nitrogens with zero attached hydrogens (tertiary/aromatic N) is 1. The van der Waals surface area contributed by atoms with Crippen molar-refractivity contribution in [3.05, 3.63) is 28.7 Å². The van der Waals surface area contributed by atoms with Crippen molar-refractivity contribution in [1.82, 2.24) is 0 Å². The lowest BCUT2D eigenvalue weighted by molar-refractivity contribution is -0.136. The lowest BCUT2D eigenvalue weighted by Gasteiger charge is -2.20. The highest BCUT2D eigenvalue weighted by molar-refractivity contribution is 9.10. The molecule has 16 heavy (non-hydrogen) atoms. The Morgan fingerprint density at radius 1 is 1.19 bits per heavy atom. The maximum atomic E-state index is 10.6. The Balaban J connectivity index is 2.90. The maximum Gasteiger partial charge on any atom is 0.323 e. The third-order valence-corrected chi connectivity index (χ3v) is 2.32. The summed E-state index contributed by atoms with van der Waals surface area (Å²) in [4.78, 5) is 22.5. The molecule has 0 aromatic heterocycles. The number of hydrogen-bond donors (Lipinski definition) is 2. The number of carboxylic acids is 2. The molecule has 0 bridgehead atoms. The van der Waals surface area contributed by atoms with Crippen molar-refractivity contribution in [2.75, 3.05) is 18.0 Å².